The van der Waals surface area contributed by atoms with Crippen molar-refractivity contribution >= 4 is 27.6 Å². The van der Waals surface area contributed by atoms with Crippen LogP contribution in [-0.4, -0.2) is 0 Å². The summed E-state index contributed by atoms with van der Waals surface area (Å²) in [6.45, 7) is 8.39. The summed E-state index contributed by atoms with van der Waals surface area (Å²) >= 11 is 0. The van der Waals surface area contributed by atoms with Gasteiger partial charge in [0.05, 0.1) is 5.56 Å². The number of hydrogen-bond donors (Lipinski definition) is 1. The van der Waals surface area contributed by atoms with Crippen LogP contribution in [-0.2, 0) is 17.0 Å². The third-order valence-corrected chi connectivity index (χ3v) is 8.41. The molecule has 0 saturated heterocycles. The number of benzene rings is 4. The van der Waals surface area contributed by atoms with E-state index in [4.69, 9.17) is 10.2 Å². The Morgan fingerprint density at radius 3 is 2.11 bits per heavy atom. The van der Waals surface area contributed by atoms with Gasteiger partial charge in [-0.25, -0.2) is 0 Å². The monoisotopic (exact) mass is 483 g/mol. The molecular formula is C31H24F3NO. The highest BCUT2D eigenvalue weighted by Crippen LogP contribution is 2.59. The molecule has 2 aliphatic carbocycles. The standard InChI is InChI=1S/C31H24F3NO/c1-29(2)20-11-15(35)9-10-16(20)18-12-22-19(13-21(18)29)26-23(30(22,3)4)14-24(31(32,33)34)28-27(26)17-7-5-6-8-25(17)36-28/h5-14H,35H2,1-4H3. The number of fused-ring (bicyclic) bond motifs is 10. The molecule has 0 amide bonds. The summed E-state index contributed by atoms with van der Waals surface area (Å²) in [5.41, 5.74) is 13.7. The van der Waals surface area contributed by atoms with Crippen molar-refractivity contribution in [1.29, 1.82) is 0 Å². The minimum Gasteiger partial charge on any atom is -0.455 e. The molecule has 2 aliphatic rings. The van der Waals surface area contributed by atoms with E-state index >= 15 is 0 Å². The Hall–Kier alpha value is -3.73. The van der Waals surface area contributed by atoms with Crippen LogP contribution in [0.2, 0.25) is 0 Å². The van der Waals surface area contributed by atoms with E-state index in [1.807, 2.05) is 38.1 Å². The number of rotatable bonds is 0. The molecule has 5 heteroatoms. The number of furan rings is 1. The molecule has 2 nitrogen and oxygen atoms in total. The molecule has 0 radical (unpaired) electrons. The quantitative estimate of drug-likeness (QED) is 0.224. The molecule has 7 rings (SSSR count). The highest BCUT2D eigenvalue weighted by molar-refractivity contribution is 6.16. The molecule has 36 heavy (non-hydrogen) atoms. The third kappa shape index (κ3) is 2.48. The van der Waals surface area contributed by atoms with Crippen molar-refractivity contribution in [1.82, 2.24) is 0 Å². The van der Waals surface area contributed by atoms with Gasteiger partial charge in [-0.1, -0.05) is 52.0 Å². The normalized spacial score (nSPS) is 16.8. The lowest BCUT2D eigenvalue weighted by Crippen LogP contribution is -2.17. The average molecular weight is 484 g/mol. The molecular weight excluding hydrogens is 459 g/mol. The van der Waals surface area contributed by atoms with Gasteiger partial charge in [-0.05, 0) is 80.9 Å². The number of nitrogens with two attached hydrogens (primary N) is 1. The van der Waals surface area contributed by atoms with E-state index in [0.717, 1.165) is 39.1 Å². The van der Waals surface area contributed by atoms with Crippen molar-refractivity contribution in [3.8, 4) is 22.3 Å². The minimum atomic E-state index is -4.53. The zero-order valence-electron chi connectivity index (χ0n) is 20.4. The van der Waals surface area contributed by atoms with E-state index in [1.165, 1.54) is 11.6 Å². The smallest absolute Gasteiger partial charge is 0.420 e. The van der Waals surface area contributed by atoms with Crippen LogP contribution in [0, 0.1) is 0 Å². The Morgan fingerprint density at radius 1 is 0.722 bits per heavy atom. The molecule has 0 fully saturated rings. The predicted octanol–water partition coefficient (Wildman–Crippen LogP) is 8.80. The molecule has 5 aromatic rings. The summed E-state index contributed by atoms with van der Waals surface area (Å²) in [5.74, 6) is 0. The predicted molar refractivity (Wildman–Crippen MR) is 138 cm³/mol. The second kappa shape index (κ2) is 6.33. The van der Waals surface area contributed by atoms with Crippen LogP contribution in [0.15, 0.2) is 65.1 Å². The zero-order valence-corrected chi connectivity index (χ0v) is 20.4. The average Bonchev–Trinajstić information content (AvgIpc) is 3.37. The first kappa shape index (κ1) is 21.5. The van der Waals surface area contributed by atoms with Crippen molar-refractivity contribution in [2.24, 2.45) is 0 Å². The first-order chi connectivity index (χ1) is 16.9. The highest BCUT2D eigenvalue weighted by atomic mass is 19.4. The first-order valence-corrected chi connectivity index (χ1v) is 12.1. The van der Waals surface area contributed by atoms with Gasteiger partial charge in [0.1, 0.15) is 11.2 Å². The van der Waals surface area contributed by atoms with Gasteiger partial charge in [-0.2, -0.15) is 13.2 Å². The topological polar surface area (TPSA) is 39.2 Å². The van der Waals surface area contributed by atoms with Gasteiger partial charge in [0.15, 0.2) is 0 Å². The summed E-state index contributed by atoms with van der Waals surface area (Å²) in [6, 6.07) is 18.9. The van der Waals surface area contributed by atoms with Gasteiger partial charge in [0, 0.05) is 27.3 Å². The number of anilines is 1. The Bertz CT molecular complexity index is 1790. The second-order valence-corrected chi connectivity index (χ2v) is 11.1. The molecule has 4 aromatic carbocycles. The van der Waals surface area contributed by atoms with Gasteiger partial charge in [-0.15, -0.1) is 0 Å². The third-order valence-electron chi connectivity index (χ3n) is 8.41. The van der Waals surface area contributed by atoms with E-state index in [0.29, 0.717) is 21.9 Å². The molecule has 1 heterocycles. The molecule has 0 spiro atoms. The van der Waals surface area contributed by atoms with Gasteiger partial charge in [0.25, 0.3) is 0 Å². The highest BCUT2D eigenvalue weighted by Gasteiger charge is 2.45. The molecule has 180 valence electrons. The van der Waals surface area contributed by atoms with Crippen LogP contribution in [0.1, 0.15) is 55.5 Å². The largest absolute Gasteiger partial charge is 0.455 e. The maximum Gasteiger partial charge on any atom is 0.420 e. The Labute approximate surface area is 206 Å². The fraction of sp³-hybridized carbons (Fsp3) is 0.226. The summed E-state index contributed by atoms with van der Waals surface area (Å²) in [4.78, 5) is 0. The summed E-state index contributed by atoms with van der Waals surface area (Å²) < 4.78 is 48.8. The number of nitrogen functional groups attached to an aromatic ring is 1. The van der Waals surface area contributed by atoms with Gasteiger partial charge in [0.2, 0.25) is 0 Å². The summed E-state index contributed by atoms with van der Waals surface area (Å²) in [7, 11) is 0. The molecule has 0 saturated carbocycles. The number of hydrogen-bond acceptors (Lipinski definition) is 2. The minimum absolute atomic E-state index is 0.0954. The van der Waals surface area contributed by atoms with E-state index in [9.17, 15) is 13.2 Å². The van der Waals surface area contributed by atoms with Gasteiger partial charge < -0.3 is 10.2 Å². The lowest BCUT2D eigenvalue weighted by Gasteiger charge is -2.24. The van der Waals surface area contributed by atoms with Crippen LogP contribution >= 0.6 is 0 Å². The molecule has 0 unspecified atom stereocenters. The van der Waals surface area contributed by atoms with Crippen LogP contribution in [0.3, 0.4) is 0 Å². The van der Waals surface area contributed by atoms with E-state index in [2.05, 4.69) is 32.0 Å². The number of halogens is 3. The molecule has 2 N–H and O–H groups in total. The second-order valence-electron chi connectivity index (χ2n) is 11.1. The van der Waals surface area contributed by atoms with E-state index in [-0.39, 0.29) is 11.0 Å². The van der Waals surface area contributed by atoms with Crippen molar-refractivity contribution in [2.45, 2.75) is 44.7 Å². The Balaban J connectivity index is 1.64. The van der Waals surface area contributed by atoms with Crippen molar-refractivity contribution < 1.29 is 17.6 Å². The zero-order chi connectivity index (χ0) is 25.4. The van der Waals surface area contributed by atoms with Crippen LogP contribution in [0.5, 0.6) is 0 Å². The van der Waals surface area contributed by atoms with Crippen molar-refractivity contribution in [3.05, 3.63) is 88.5 Å². The fourth-order valence-electron chi connectivity index (χ4n) is 6.55. The maximum atomic E-state index is 14.3. The number of para-hydroxylation sites is 1. The van der Waals surface area contributed by atoms with Crippen LogP contribution in [0.4, 0.5) is 18.9 Å². The summed E-state index contributed by atoms with van der Waals surface area (Å²) in [5, 5.41) is 1.24. The fourth-order valence-corrected chi connectivity index (χ4v) is 6.55. The van der Waals surface area contributed by atoms with Crippen LogP contribution < -0.4 is 5.73 Å². The molecule has 1 aromatic heterocycles. The number of alkyl halides is 3. The molecule has 0 aliphatic heterocycles. The van der Waals surface area contributed by atoms with Crippen molar-refractivity contribution in [3.63, 3.8) is 0 Å². The molecule has 0 bridgehead atoms. The maximum absolute atomic E-state index is 14.3. The Kier molecular flexibility index (Phi) is 3.79. The first-order valence-electron chi connectivity index (χ1n) is 12.1. The SMILES string of the molecule is CC1(C)c2cc(N)ccc2-c2cc3c(cc21)-c1c(cc(C(F)(F)F)c2oc4ccccc4c12)C3(C)C. The van der Waals surface area contributed by atoms with E-state index in [1.54, 1.807) is 12.1 Å². The summed E-state index contributed by atoms with van der Waals surface area (Å²) in [6.07, 6.45) is -4.53. The van der Waals surface area contributed by atoms with E-state index < -0.39 is 17.2 Å². The Morgan fingerprint density at radius 2 is 1.36 bits per heavy atom. The lowest BCUT2D eigenvalue weighted by atomic mass is 9.79. The van der Waals surface area contributed by atoms with Gasteiger partial charge in [-0.3, -0.25) is 0 Å². The van der Waals surface area contributed by atoms with Gasteiger partial charge >= 0.3 is 6.18 Å². The van der Waals surface area contributed by atoms with Crippen molar-refractivity contribution in [2.75, 3.05) is 5.73 Å². The molecule has 0 atom stereocenters. The van der Waals surface area contributed by atoms with Crippen LogP contribution in [0.25, 0.3) is 44.2 Å². The lowest BCUT2D eigenvalue weighted by molar-refractivity contribution is -0.136.